The smallest absolute Gasteiger partial charge is 0.140 e. The molecule has 3 unspecified atom stereocenters. The van der Waals surface area contributed by atoms with Crippen LogP contribution < -0.4 is 0 Å². The molecule has 0 aromatic heterocycles. The van der Waals surface area contributed by atoms with E-state index in [1.54, 1.807) is 0 Å². The molecule has 3 aliphatic carbocycles. The van der Waals surface area contributed by atoms with Crippen LogP contribution in [0.1, 0.15) is 19.3 Å². The first-order valence-electron chi connectivity index (χ1n) is 5.01. The lowest BCUT2D eigenvalue weighted by Gasteiger charge is -2.29. The van der Waals surface area contributed by atoms with E-state index >= 15 is 0 Å². The Labute approximate surface area is 77.0 Å². The first-order chi connectivity index (χ1) is 6.29. The van der Waals surface area contributed by atoms with Crippen LogP contribution in [-0.4, -0.2) is 11.6 Å². The lowest BCUT2D eigenvalue weighted by atomic mass is 9.72. The van der Waals surface area contributed by atoms with Gasteiger partial charge in [-0.15, -0.1) is 0 Å². The van der Waals surface area contributed by atoms with Crippen LogP contribution in [-0.2, 0) is 9.59 Å². The van der Waals surface area contributed by atoms with E-state index in [1.165, 1.54) is 0 Å². The molecular weight excluding hydrogens is 164 g/mol. The monoisotopic (exact) mass is 176 g/mol. The number of rotatable bonds is 0. The number of allylic oxidation sites excluding steroid dienone is 2. The molecule has 2 nitrogen and oxygen atoms in total. The van der Waals surface area contributed by atoms with E-state index < -0.39 is 0 Å². The molecule has 0 heterocycles. The summed E-state index contributed by atoms with van der Waals surface area (Å²) in [6, 6.07) is 0. The first kappa shape index (κ1) is 7.48. The molecular formula is C11H12O2. The lowest BCUT2D eigenvalue weighted by molar-refractivity contribution is -0.138. The maximum absolute atomic E-state index is 11.8. The highest BCUT2D eigenvalue weighted by Gasteiger charge is 2.57. The predicted octanol–water partition coefficient (Wildman–Crippen LogP) is 1.36. The largest absolute Gasteiger partial charge is 0.299 e. The highest BCUT2D eigenvalue weighted by Crippen LogP contribution is 2.51. The molecule has 0 radical (unpaired) electrons. The van der Waals surface area contributed by atoms with Crippen LogP contribution in [0.3, 0.4) is 0 Å². The molecule has 0 saturated heterocycles. The van der Waals surface area contributed by atoms with Gasteiger partial charge in [0.1, 0.15) is 11.6 Å². The number of fused-ring (bicyclic) bond motifs is 2. The molecule has 2 heteroatoms. The van der Waals surface area contributed by atoms with Gasteiger partial charge in [-0.1, -0.05) is 12.2 Å². The summed E-state index contributed by atoms with van der Waals surface area (Å²) in [4.78, 5) is 23.5. The van der Waals surface area contributed by atoms with Crippen LogP contribution in [0.5, 0.6) is 0 Å². The van der Waals surface area contributed by atoms with Crippen LogP contribution in [0.2, 0.25) is 0 Å². The van der Waals surface area contributed by atoms with Crippen LogP contribution in [0, 0.1) is 23.7 Å². The highest BCUT2D eigenvalue weighted by atomic mass is 16.1. The second kappa shape index (κ2) is 2.31. The van der Waals surface area contributed by atoms with Gasteiger partial charge >= 0.3 is 0 Å². The second-order valence-corrected chi connectivity index (χ2v) is 4.41. The number of hydrogen-bond acceptors (Lipinski definition) is 2. The maximum Gasteiger partial charge on any atom is 0.140 e. The Bertz CT molecular complexity index is 286. The van der Waals surface area contributed by atoms with Crippen molar-refractivity contribution >= 4 is 11.6 Å². The van der Waals surface area contributed by atoms with Gasteiger partial charge in [-0.2, -0.15) is 0 Å². The molecule has 3 rings (SSSR count). The van der Waals surface area contributed by atoms with Crippen molar-refractivity contribution in [1.82, 2.24) is 0 Å². The number of Topliss-reactive ketones (excluding diaryl/α,β-unsaturated/α-hetero) is 2. The maximum atomic E-state index is 11.8. The van der Waals surface area contributed by atoms with E-state index in [9.17, 15) is 9.59 Å². The van der Waals surface area contributed by atoms with Crippen LogP contribution in [0.15, 0.2) is 12.2 Å². The van der Waals surface area contributed by atoms with Crippen molar-refractivity contribution < 1.29 is 9.59 Å². The average Bonchev–Trinajstić information content (AvgIpc) is 2.94. The third kappa shape index (κ3) is 0.888. The molecule has 0 spiro atoms. The van der Waals surface area contributed by atoms with E-state index in [0.717, 1.165) is 19.3 Å². The van der Waals surface area contributed by atoms with E-state index in [-0.39, 0.29) is 23.7 Å². The Morgan fingerprint density at radius 2 is 1.31 bits per heavy atom. The predicted molar refractivity (Wildman–Crippen MR) is 47.0 cm³/mol. The number of carbonyl (C=O) groups is 2. The zero-order valence-corrected chi connectivity index (χ0v) is 7.40. The molecule has 0 amide bonds. The Hall–Kier alpha value is -0.920. The molecule has 0 aromatic rings. The molecule has 0 bridgehead atoms. The zero-order valence-electron chi connectivity index (χ0n) is 7.40. The van der Waals surface area contributed by atoms with Crippen LogP contribution in [0.25, 0.3) is 0 Å². The molecule has 0 N–H and O–H groups in total. The zero-order chi connectivity index (χ0) is 9.00. The van der Waals surface area contributed by atoms with E-state index in [0.29, 0.717) is 11.6 Å². The lowest BCUT2D eigenvalue weighted by Crippen LogP contribution is -2.38. The second-order valence-electron chi connectivity index (χ2n) is 4.41. The van der Waals surface area contributed by atoms with E-state index in [1.807, 2.05) is 0 Å². The Balaban J connectivity index is 1.97. The molecule has 2 saturated carbocycles. The minimum absolute atomic E-state index is 0.0428. The summed E-state index contributed by atoms with van der Waals surface area (Å²) in [5.74, 6) is 1.08. The molecule has 4 atom stereocenters. The summed E-state index contributed by atoms with van der Waals surface area (Å²) >= 11 is 0. The summed E-state index contributed by atoms with van der Waals surface area (Å²) in [5, 5.41) is 0. The van der Waals surface area contributed by atoms with Crippen molar-refractivity contribution in [2.75, 3.05) is 0 Å². The van der Waals surface area contributed by atoms with Gasteiger partial charge in [-0.3, -0.25) is 9.59 Å². The quantitative estimate of drug-likeness (QED) is 0.522. The average molecular weight is 176 g/mol. The number of hydrogen-bond donors (Lipinski definition) is 0. The minimum Gasteiger partial charge on any atom is -0.299 e. The molecule has 2 fully saturated rings. The fourth-order valence-corrected chi connectivity index (χ4v) is 2.82. The summed E-state index contributed by atoms with van der Waals surface area (Å²) < 4.78 is 0. The molecule has 3 aliphatic rings. The van der Waals surface area contributed by atoms with Gasteiger partial charge in [0, 0.05) is 23.7 Å². The van der Waals surface area contributed by atoms with Crippen molar-refractivity contribution in [2.45, 2.75) is 19.3 Å². The fraction of sp³-hybridized carbons (Fsp3) is 0.636. The van der Waals surface area contributed by atoms with Gasteiger partial charge in [-0.05, 0) is 19.3 Å². The Morgan fingerprint density at radius 3 is 1.77 bits per heavy atom. The van der Waals surface area contributed by atoms with Gasteiger partial charge in [-0.25, -0.2) is 0 Å². The van der Waals surface area contributed by atoms with Gasteiger partial charge in [0.15, 0.2) is 0 Å². The van der Waals surface area contributed by atoms with Crippen LogP contribution >= 0.6 is 0 Å². The van der Waals surface area contributed by atoms with Gasteiger partial charge < -0.3 is 0 Å². The molecule has 0 aromatic carbocycles. The van der Waals surface area contributed by atoms with Crippen molar-refractivity contribution in [1.29, 1.82) is 0 Å². The summed E-state index contributed by atoms with van der Waals surface area (Å²) in [6.07, 6.45) is 6.56. The van der Waals surface area contributed by atoms with Crippen molar-refractivity contribution in [3.8, 4) is 0 Å². The minimum atomic E-state index is 0.0428. The third-order valence-electron chi connectivity index (χ3n) is 3.68. The van der Waals surface area contributed by atoms with Crippen molar-refractivity contribution in [3.63, 3.8) is 0 Å². The van der Waals surface area contributed by atoms with E-state index in [2.05, 4.69) is 12.2 Å². The highest BCUT2D eigenvalue weighted by molar-refractivity contribution is 6.03. The first-order valence-corrected chi connectivity index (χ1v) is 5.01. The van der Waals surface area contributed by atoms with E-state index in [4.69, 9.17) is 0 Å². The van der Waals surface area contributed by atoms with Crippen molar-refractivity contribution in [3.05, 3.63) is 12.2 Å². The SMILES string of the molecule is O=C1C2CC=CCC2C(=O)[C@@H]2CC12. The normalized spacial score (nSPS) is 47.1. The number of ketones is 2. The summed E-state index contributed by atoms with van der Waals surface area (Å²) in [7, 11) is 0. The third-order valence-corrected chi connectivity index (χ3v) is 3.68. The van der Waals surface area contributed by atoms with Gasteiger partial charge in [0.25, 0.3) is 0 Å². The number of carbonyl (C=O) groups excluding carboxylic acids is 2. The Kier molecular flexibility index (Phi) is 1.33. The molecule has 68 valence electrons. The summed E-state index contributed by atoms with van der Waals surface area (Å²) in [6.45, 7) is 0. The standard InChI is InChI=1S/C11H12O2/c12-10-6-3-1-2-4-7(6)11(13)9-5-8(9)10/h1-2,6-9H,3-5H2/t6?,7?,8-,9?/m1/s1. The van der Waals surface area contributed by atoms with Gasteiger partial charge in [0.2, 0.25) is 0 Å². The van der Waals surface area contributed by atoms with Crippen molar-refractivity contribution in [2.24, 2.45) is 23.7 Å². The Morgan fingerprint density at radius 1 is 0.846 bits per heavy atom. The fourth-order valence-electron chi connectivity index (χ4n) is 2.82. The molecule has 0 aliphatic heterocycles. The summed E-state index contributed by atoms with van der Waals surface area (Å²) in [5.41, 5.74) is 0. The topological polar surface area (TPSA) is 34.1 Å². The molecule has 13 heavy (non-hydrogen) atoms. The van der Waals surface area contributed by atoms with Crippen LogP contribution in [0.4, 0.5) is 0 Å². The van der Waals surface area contributed by atoms with Gasteiger partial charge in [0.05, 0.1) is 0 Å².